The number of halogens is 1. The Hall–Kier alpha value is -2.07. The fourth-order valence-electron chi connectivity index (χ4n) is 4.49. The third-order valence-corrected chi connectivity index (χ3v) is 7.26. The number of piperazine rings is 1. The lowest BCUT2D eigenvalue weighted by molar-refractivity contribution is -0.151. The molecule has 2 atom stereocenters. The van der Waals surface area contributed by atoms with Crippen molar-refractivity contribution in [3.63, 3.8) is 0 Å². The summed E-state index contributed by atoms with van der Waals surface area (Å²) in [5, 5.41) is 0.752. The Morgan fingerprint density at radius 2 is 1.94 bits per heavy atom. The molecule has 2 unspecified atom stereocenters. The van der Waals surface area contributed by atoms with Crippen molar-refractivity contribution in [2.24, 2.45) is 11.8 Å². The lowest BCUT2D eigenvalue weighted by Crippen LogP contribution is -2.54. The van der Waals surface area contributed by atoms with Crippen LogP contribution >= 0.6 is 23.4 Å². The smallest absolute Gasteiger partial charge is 0.310 e. The summed E-state index contributed by atoms with van der Waals surface area (Å²) in [6.45, 7) is 11.2. The van der Waals surface area contributed by atoms with Gasteiger partial charge in [-0.1, -0.05) is 37.2 Å². The number of rotatable bonds is 8. The van der Waals surface area contributed by atoms with E-state index >= 15 is 0 Å². The van der Waals surface area contributed by atoms with Crippen molar-refractivity contribution >= 4 is 47.0 Å². The minimum absolute atomic E-state index is 0.0555. The Bertz CT molecular complexity index is 918. The van der Waals surface area contributed by atoms with Crippen molar-refractivity contribution < 1.29 is 19.1 Å². The fourth-order valence-corrected chi connectivity index (χ4v) is 5.47. The Morgan fingerprint density at radius 1 is 1.17 bits per heavy atom. The van der Waals surface area contributed by atoms with Crippen molar-refractivity contribution in [2.45, 2.75) is 58.2 Å². The van der Waals surface area contributed by atoms with Crippen LogP contribution in [0.15, 0.2) is 11.2 Å². The van der Waals surface area contributed by atoms with E-state index in [9.17, 15) is 14.4 Å². The summed E-state index contributed by atoms with van der Waals surface area (Å²) in [5.41, 5.74) is 0. The van der Waals surface area contributed by atoms with Gasteiger partial charge in [0.1, 0.15) is 11.0 Å². The molecule has 35 heavy (non-hydrogen) atoms. The van der Waals surface area contributed by atoms with Crippen LogP contribution in [0.1, 0.15) is 47.0 Å². The zero-order valence-corrected chi connectivity index (χ0v) is 22.6. The van der Waals surface area contributed by atoms with Crippen LogP contribution in [0.5, 0.6) is 0 Å². The molecule has 1 aromatic heterocycles. The van der Waals surface area contributed by atoms with Crippen LogP contribution in [0.25, 0.3) is 0 Å². The second kappa shape index (κ2) is 12.8. The van der Waals surface area contributed by atoms with Crippen LogP contribution in [0.3, 0.4) is 0 Å². The predicted molar refractivity (Wildman–Crippen MR) is 137 cm³/mol. The topological polar surface area (TPSA) is 95.9 Å². The first-order valence-corrected chi connectivity index (χ1v) is 13.7. The molecule has 2 aliphatic heterocycles. The van der Waals surface area contributed by atoms with Gasteiger partial charge >= 0.3 is 5.97 Å². The Kier molecular flexibility index (Phi) is 10.0. The highest BCUT2D eigenvalue weighted by Crippen LogP contribution is 2.26. The minimum Gasteiger partial charge on any atom is -0.466 e. The molecule has 0 N–H and O–H groups in total. The first-order chi connectivity index (χ1) is 16.7. The number of hydrogen-bond acceptors (Lipinski definition) is 8. The van der Waals surface area contributed by atoms with E-state index in [0.717, 1.165) is 12.8 Å². The van der Waals surface area contributed by atoms with Crippen molar-refractivity contribution in [1.82, 2.24) is 19.8 Å². The summed E-state index contributed by atoms with van der Waals surface area (Å²) in [4.78, 5) is 52.1. The quantitative estimate of drug-likeness (QED) is 0.221. The van der Waals surface area contributed by atoms with Gasteiger partial charge in [0, 0.05) is 51.3 Å². The molecule has 3 heterocycles. The number of thioether (sulfide) groups is 1. The van der Waals surface area contributed by atoms with E-state index in [1.165, 1.54) is 11.8 Å². The third-order valence-electron chi connectivity index (χ3n) is 6.23. The lowest BCUT2D eigenvalue weighted by atomic mass is 9.98. The van der Waals surface area contributed by atoms with Crippen LogP contribution in [-0.2, 0) is 19.1 Å². The summed E-state index contributed by atoms with van der Waals surface area (Å²) < 4.78 is 5.12. The number of amides is 2. The molecule has 11 heteroatoms. The van der Waals surface area contributed by atoms with Gasteiger partial charge in [-0.15, -0.1) is 0 Å². The summed E-state index contributed by atoms with van der Waals surface area (Å²) in [7, 11) is 0. The molecule has 3 rings (SSSR count). The van der Waals surface area contributed by atoms with Crippen molar-refractivity contribution in [1.29, 1.82) is 0 Å². The first-order valence-electron chi connectivity index (χ1n) is 12.3. The molecule has 2 amide bonds. The number of nitrogens with zero attached hydrogens (tertiary/aromatic N) is 5. The summed E-state index contributed by atoms with van der Waals surface area (Å²) >= 11 is 7.53. The number of carbonyl (C=O) groups is 3. The van der Waals surface area contributed by atoms with Crippen molar-refractivity contribution in [3.8, 4) is 0 Å². The van der Waals surface area contributed by atoms with Gasteiger partial charge in [0.15, 0.2) is 5.16 Å². The normalized spacial score (nSPS) is 20.8. The second-order valence-corrected chi connectivity index (χ2v) is 10.9. The number of ether oxygens (including phenoxy) is 1. The highest BCUT2D eigenvalue weighted by atomic mass is 35.5. The number of likely N-dealkylation sites (tertiary alicyclic amines) is 1. The number of anilines is 1. The van der Waals surface area contributed by atoms with E-state index in [-0.39, 0.29) is 35.5 Å². The molecule has 1 aromatic rings. The second-order valence-electron chi connectivity index (χ2n) is 9.53. The molecule has 9 nitrogen and oxygen atoms in total. The molecule has 0 aliphatic carbocycles. The van der Waals surface area contributed by atoms with E-state index in [1.54, 1.807) is 17.9 Å². The molecule has 2 saturated heterocycles. The van der Waals surface area contributed by atoms with Crippen LogP contribution in [0.2, 0.25) is 5.15 Å². The highest BCUT2D eigenvalue weighted by molar-refractivity contribution is 7.99. The van der Waals surface area contributed by atoms with Gasteiger partial charge < -0.3 is 19.4 Å². The number of hydrogen-bond donors (Lipinski definition) is 0. The molecule has 2 fully saturated rings. The molecule has 0 aromatic carbocycles. The molecule has 2 aliphatic rings. The Morgan fingerprint density at radius 3 is 2.63 bits per heavy atom. The Balaban J connectivity index is 1.57. The van der Waals surface area contributed by atoms with Gasteiger partial charge in [0.05, 0.1) is 18.3 Å². The van der Waals surface area contributed by atoms with Crippen LogP contribution in [0, 0.1) is 11.8 Å². The van der Waals surface area contributed by atoms with Gasteiger partial charge in [-0.3, -0.25) is 14.4 Å². The maximum Gasteiger partial charge on any atom is 0.310 e. The van der Waals surface area contributed by atoms with Gasteiger partial charge in [-0.2, -0.15) is 0 Å². The summed E-state index contributed by atoms with van der Waals surface area (Å²) in [6.07, 6.45) is 2.07. The monoisotopic (exact) mass is 525 g/mol. The van der Waals surface area contributed by atoms with Gasteiger partial charge in [-0.05, 0) is 32.6 Å². The Labute approximate surface area is 216 Å². The SMILES string of the molecule is CCOC(=O)C1CCCN(C(=O)CSc2nc(Cl)cc(N3CCN(C(=O)CC(C)C)C(C)C3)n2)C1. The number of esters is 1. The molecule has 0 radical (unpaired) electrons. The average molecular weight is 526 g/mol. The van der Waals surface area contributed by atoms with Gasteiger partial charge in [0.2, 0.25) is 11.8 Å². The zero-order chi connectivity index (χ0) is 25.5. The van der Waals surface area contributed by atoms with Crippen molar-refractivity contribution in [3.05, 3.63) is 11.2 Å². The number of carbonyl (C=O) groups excluding carboxylic acids is 3. The van der Waals surface area contributed by atoms with Gasteiger partial charge in [-0.25, -0.2) is 9.97 Å². The van der Waals surface area contributed by atoms with Crippen LogP contribution in [0.4, 0.5) is 5.82 Å². The van der Waals surface area contributed by atoms with E-state index in [2.05, 4.69) is 28.7 Å². The standard InChI is InChI=1S/C24H36ClN5O4S/c1-5-34-23(33)18-7-6-8-29(14-18)22(32)15-35-24-26-19(25)12-20(27-24)28-9-10-30(17(4)13-28)21(31)11-16(2)3/h12,16-18H,5-11,13-15H2,1-4H3. The van der Waals surface area contributed by atoms with E-state index in [4.69, 9.17) is 16.3 Å². The number of piperidine rings is 1. The molecule has 0 bridgehead atoms. The maximum absolute atomic E-state index is 12.8. The molecular formula is C24H36ClN5O4S. The average Bonchev–Trinajstić information content (AvgIpc) is 2.81. The van der Waals surface area contributed by atoms with E-state index in [1.807, 2.05) is 11.8 Å². The van der Waals surface area contributed by atoms with E-state index < -0.39 is 0 Å². The predicted octanol–water partition coefficient (Wildman–Crippen LogP) is 3.11. The number of aromatic nitrogens is 2. The summed E-state index contributed by atoms with van der Waals surface area (Å²) in [6, 6.07) is 1.79. The molecule has 0 spiro atoms. The first kappa shape index (κ1) is 27.5. The maximum atomic E-state index is 12.8. The largest absolute Gasteiger partial charge is 0.466 e. The molecule has 194 valence electrons. The third kappa shape index (κ3) is 7.70. The molecular weight excluding hydrogens is 490 g/mol. The van der Waals surface area contributed by atoms with E-state index in [0.29, 0.717) is 67.8 Å². The lowest BCUT2D eigenvalue weighted by Gasteiger charge is -2.40. The summed E-state index contributed by atoms with van der Waals surface area (Å²) in [5.74, 6) is 0.828. The van der Waals surface area contributed by atoms with Crippen molar-refractivity contribution in [2.75, 3.05) is 50.0 Å². The molecule has 0 saturated carbocycles. The highest BCUT2D eigenvalue weighted by Gasteiger charge is 2.30. The van der Waals surface area contributed by atoms with Gasteiger partial charge in [0.25, 0.3) is 0 Å². The zero-order valence-electron chi connectivity index (χ0n) is 21.0. The van der Waals surface area contributed by atoms with Crippen LogP contribution < -0.4 is 4.90 Å². The van der Waals surface area contributed by atoms with Crippen LogP contribution in [-0.4, -0.2) is 88.7 Å². The minimum atomic E-state index is -0.264. The fraction of sp³-hybridized carbons (Fsp3) is 0.708.